The van der Waals surface area contributed by atoms with Gasteiger partial charge in [0.25, 0.3) is 0 Å². The molecule has 7 nitrogen and oxygen atoms in total. The van der Waals surface area contributed by atoms with E-state index in [4.69, 9.17) is 5.73 Å². The van der Waals surface area contributed by atoms with Crippen molar-refractivity contribution in [2.24, 2.45) is 0 Å². The number of nitrogens with one attached hydrogen (secondary N) is 1. The Balaban J connectivity index is 1.65. The minimum Gasteiger partial charge on any atom is -0.367 e. The number of anilines is 1. The molecule has 0 unspecified atom stereocenters. The molecule has 0 atom stereocenters. The molecule has 0 bridgehead atoms. The molecule has 1 aromatic heterocycles. The predicted molar refractivity (Wildman–Crippen MR) is 67.7 cm³/mol. The van der Waals surface area contributed by atoms with Crippen LogP contribution in [0.2, 0.25) is 0 Å². The number of hydrogen-bond donors (Lipinski definition) is 2. The second-order valence-electron chi connectivity index (χ2n) is 4.51. The number of nitrogens with two attached hydrogens (primary N) is 1. The Hall–Kier alpha value is -1.63. The summed E-state index contributed by atoms with van der Waals surface area (Å²) in [6, 6.07) is 0.738. The number of likely N-dealkylation sites (N-methyl/N-ethyl adjacent to an activating group) is 1. The molecule has 1 saturated carbocycles. The van der Waals surface area contributed by atoms with Crippen molar-refractivity contribution < 1.29 is 4.79 Å². The third-order valence-electron chi connectivity index (χ3n) is 3.05. The lowest BCUT2D eigenvalue weighted by atomic mass is 10.4. The van der Waals surface area contributed by atoms with Crippen LogP contribution < -0.4 is 11.1 Å². The third-order valence-corrected chi connectivity index (χ3v) is 3.05. The molecule has 18 heavy (non-hydrogen) atoms. The van der Waals surface area contributed by atoms with Gasteiger partial charge in [-0.25, -0.2) is 9.67 Å². The first kappa shape index (κ1) is 12.8. The zero-order valence-corrected chi connectivity index (χ0v) is 10.7. The maximum Gasteiger partial charge on any atom is 0.241 e. The molecule has 0 aliphatic heterocycles. The maximum absolute atomic E-state index is 11.6. The fourth-order valence-electron chi connectivity index (χ4n) is 1.97. The third kappa shape index (κ3) is 3.69. The van der Waals surface area contributed by atoms with Gasteiger partial charge in [-0.05, 0) is 19.4 Å². The van der Waals surface area contributed by atoms with Crippen molar-refractivity contribution in [3.63, 3.8) is 0 Å². The van der Waals surface area contributed by atoms with Crippen LogP contribution in [0.25, 0.3) is 0 Å². The van der Waals surface area contributed by atoms with Gasteiger partial charge in [-0.1, -0.05) is 6.92 Å². The molecule has 1 aromatic rings. The van der Waals surface area contributed by atoms with Crippen LogP contribution in [0.15, 0.2) is 6.33 Å². The van der Waals surface area contributed by atoms with Gasteiger partial charge in [0.05, 0.1) is 0 Å². The monoisotopic (exact) mass is 252 g/mol. The van der Waals surface area contributed by atoms with Crippen molar-refractivity contribution in [3.8, 4) is 0 Å². The average molecular weight is 252 g/mol. The lowest BCUT2D eigenvalue weighted by Crippen LogP contribution is -2.37. The quantitative estimate of drug-likeness (QED) is 0.680. The van der Waals surface area contributed by atoms with Gasteiger partial charge >= 0.3 is 0 Å². The lowest BCUT2D eigenvalue weighted by Gasteiger charge is -2.19. The highest BCUT2D eigenvalue weighted by Crippen LogP contribution is 2.25. The van der Waals surface area contributed by atoms with Crippen LogP contribution >= 0.6 is 0 Å². The molecule has 100 valence electrons. The molecule has 1 aliphatic rings. The second-order valence-corrected chi connectivity index (χ2v) is 4.51. The van der Waals surface area contributed by atoms with Gasteiger partial charge < -0.3 is 11.1 Å². The van der Waals surface area contributed by atoms with Crippen molar-refractivity contribution >= 4 is 11.9 Å². The molecule has 1 amide bonds. The van der Waals surface area contributed by atoms with Crippen LogP contribution in [-0.4, -0.2) is 51.2 Å². The molecule has 1 aliphatic carbocycles. The van der Waals surface area contributed by atoms with Crippen molar-refractivity contribution in [2.75, 3.05) is 25.4 Å². The molecule has 0 saturated heterocycles. The number of nitrogen functional groups attached to an aromatic ring is 1. The van der Waals surface area contributed by atoms with E-state index in [-0.39, 0.29) is 18.4 Å². The largest absolute Gasteiger partial charge is 0.367 e. The smallest absolute Gasteiger partial charge is 0.241 e. The van der Waals surface area contributed by atoms with E-state index in [1.165, 1.54) is 23.9 Å². The van der Waals surface area contributed by atoms with E-state index in [1.54, 1.807) is 0 Å². The Bertz CT molecular complexity index is 400. The van der Waals surface area contributed by atoms with E-state index in [1.807, 2.05) is 0 Å². The van der Waals surface area contributed by atoms with E-state index in [9.17, 15) is 4.79 Å². The van der Waals surface area contributed by atoms with Crippen LogP contribution in [0.1, 0.15) is 19.8 Å². The number of nitrogens with zero attached hydrogens (tertiary/aromatic N) is 4. The van der Waals surface area contributed by atoms with E-state index in [0.29, 0.717) is 6.54 Å². The Kier molecular flexibility index (Phi) is 4.14. The molecule has 1 heterocycles. The summed E-state index contributed by atoms with van der Waals surface area (Å²) in [7, 11) is 0. The summed E-state index contributed by atoms with van der Waals surface area (Å²) in [5.74, 6) is 0.125. The van der Waals surface area contributed by atoms with Gasteiger partial charge in [0.15, 0.2) is 0 Å². The Morgan fingerprint density at radius 3 is 3.00 bits per heavy atom. The van der Waals surface area contributed by atoms with Gasteiger partial charge in [-0.2, -0.15) is 0 Å². The Labute approximate surface area is 106 Å². The molecule has 0 aromatic carbocycles. The van der Waals surface area contributed by atoms with Crippen LogP contribution in [0, 0.1) is 0 Å². The van der Waals surface area contributed by atoms with Gasteiger partial charge in [0.2, 0.25) is 11.9 Å². The van der Waals surface area contributed by atoms with E-state index in [0.717, 1.165) is 19.1 Å². The molecule has 1 fully saturated rings. The van der Waals surface area contributed by atoms with Crippen molar-refractivity contribution in [1.82, 2.24) is 25.0 Å². The summed E-state index contributed by atoms with van der Waals surface area (Å²) >= 11 is 0. The summed E-state index contributed by atoms with van der Waals surface area (Å²) in [6.45, 7) is 4.94. The van der Waals surface area contributed by atoms with Gasteiger partial charge in [-0.3, -0.25) is 9.69 Å². The van der Waals surface area contributed by atoms with E-state index in [2.05, 4.69) is 27.2 Å². The summed E-state index contributed by atoms with van der Waals surface area (Å²) in [5, 5.41) is 6.74. The molecule has 3 N–H and O–H groups in total. The topological polar surface area (TPSA) is 89.1 Å². The first-order valence-corrected chi connectivity index (χ1v) is 6.34. The molecule has 0 radical (unpaired) electrons. The highest BCUT2D eigenvalue weighted by Gasteiger charge is 2.27. The number of hydrogen-bond acceptors (Lipinski definition) is 5. The van der Waals surface area contributed by atoms with Crippen molar-refractivity contribution in [3.05, 3.63) is 6.33 Å². The average Bonchev–Trinajstić information content (AvgIpc) is 3.09. The van der Waals surface area contributed by atoms with Gasteiger partial charge in [0.1, 0.15) is 12.9 Å². The van der Waals surface area contributed by atoms with Crippen LogP contribution in [-0.2, 0) is 11.3 Å². The lowest BCUT2D eigenvalue weighted by molar-refractivity contribution is -0.121. The first-order chi connectivity index (χ1) is 8.69. The minimum atomic E-state index is -0.0632. The summed E-state index contributed by atoms with van der Waals surface area (Å²) < 4.78 is 1.43. The Morgan fingerprint density at radius 1 is 1.67 bits per heavy atom. The maximum atomic E-state index is 11.6. The SMILES string of the molecule is CCN(CCNC(=O)Cn1cnc(N)n1)C1CC1. The highest BCUT2D eigenvalue weighted by atomic mass is 16.2. The molecule has 2 rings (SSSR count). The fraction of sp³-hybridized carbons (Fsp3) is 0.727. The van der Waals surface area contributed by atoms with E-state index < -0.39 is 0 Å². The standard InChI is InChI=1S/C11H20N6O/c1-2-16(9-3-4-9)6-5-13-10(18)7-17-8-14-11(12)15-17/h8-9H,2-7H2,1H3,(H2,12,15)(H,13,18). The Morgan fingerprint density at radius 2 is 2.44 bits per heavy atom. The predicted octanol–water partition coefficient (Wildman–Crippen LogP) is -0.539. The molecule has 7 heteroatoms. The molecular formula is C11H20N6O. The van der Waals surface area contributed by atoms with Crippen molar-refractivity contribution in [2.45, 2.75) is 32.4 Å². The normalized spacial score (nSPS) is 15.0. The van der Waals surface area contributed by atoms with Crippen molar-refractivity contribution in [1.29, 1.82) is 0 Å². The number of amides is 1. The van der Waals surface area contributed by atoms with E-state index >= 15 is 0 Å². The summed E-state index contributed by atoms with van der Waals surface area (Å²) in [4.78, 5) is 17.8. The van der Waals surface area contributed by atoms with Crippen LogP contribution in [0.5, 0.6) is 0 Å². The number of carbonyl (C=O) groups is 1. The first-order valence-electron chi connectivity index (χ1n) is 6.34. The zero-order chi connectivity index (χ0) is 13.0. The molecular weight excluding hydrogens is 232 g/mol. The van der Waals surface area contributed by atoms with Gasteiger partial charge in [0, 0.05) is 19.1 Å². The molecule has 0 spiro atoms. The number of aromatic nitrogens is 3. The fourth-order valence-corrected chi connectivity index (χ4v) is 1.97. The van der Waals surface area contributed by atoms with Gasteiger partial charge in [-0.15, -0.1) is 5.10 Å². The number of carbonyl (C=O) groups excluding carboxylic acids is 1. The van der Waals surface area contributed by atoms with Crippen LogP contribution in [0.4, 0.5) is 5.95 Å². The van der Waals surface area contributed by atoms with Crippen LogP contribution in [0.3, 0.4) is 0 Å². The highest BCUT2D eigenvalue weighted by molar-refractivity contribution is 5.75. The summed E-state index contributed by atoms with van der Waals surface area (Å²) in [6.07, 6.45) is 4.04. The summed E-state index contributed by atoms with van der Waals surface area (Å²) in [5.41, 5.74) is 5.37. The second kappa shape index (κ2) is 5.81. The number of rotatable bonds is 7. The zero-order valence-electron chi connectivity index (χ0n) is 10.7. The minimum absolute atomic E-state index is 0.0632.